The van der Waals surface area contributed by atoms with Gasteiger partial charge in [0.1, 0.15) is 0 Å². The molecule has 1 aromatic carbocycles. The Kier molecular flexibility index (Phi) is 5.36. The van der Waals surface area contributed by atoms with E-state index in [0.29, 0.717) is 13.1 Å². The zero-order valence-electron chi connectivity index (χ0n) is 11.2. The van der Waals surface area contributed by atoms with E-state index in [4.69, 9.17) is 0 Å². The van der Waals surface area contributed by atoms with Gasteiger partial charge >= 0.3 is 0 Å². The van der Waals surface area contributed by atoms with E-state index in [0.717, 1.165) is 36.2 Å². The van der Waals surface area contributed by atoms with E-state index in [-0.39, 0.29) is 5.91 Å². The zero-order valence-corrected chi connectivity index (χ0v) is 12.8. The van der Waals surface area contributed by atoms with Crippen LogP contribution in [0.4, 0.5) is 0 Å². The molecule has 2 N–H and O–H groups in total. The molecule has 1 aliphatic heterocycles. The van der Waals surface area contributed by atoms with Gasteiger partial charge in [0, 0.05) is 37.2 Å². The van der Waals surface area contributed by atoms with Crippen molar-refractivity contribution >= 4 is 21.8 Å². The Bertz CT molecular complexity index is 444. The smallest absolute Gasteiger partial charge is 0.234 e. The van der Waals surface area contributed by atoms with E-state index < -0.39 is 0 Å². The quantitative estimate of drug-likeness (QED) is 0.876. The van der Waals surface area contributed by atoms with Gasteiger partial charge < -0.3 is 10.6 Å². The van der Waals surface area contributed by atoms with Crippen LogP contribution in [0, 0.1) is 6.92 Å². The highest BCUT2D eigenvalue weighted by Gasteiger charge is 2.13. The minimum Gasteiger partial charge on any atom is -0.351 e. The molecule has 1 aromatic rings. The van der Waals surface area contributed by atoms with Crippen LogP contribution in [-0.4, -0.2) is 43.5 Å². The highest BCUT2D eigenvalue weighted by molar-refractivity contribution is 9.10. The Morgan fingerprint density at radius 2 is 2.16 bits per heavy atom. The first kappa shape index (κ1) is 14.5. The summed E-state index contributed by atoms with van der Waals surface area (Å²) in [5, 5.41) is 6.27. The molecule has 5 heteroatoms. The number of amides is 1. The minimum absolute atomic E-state index is 0.0984. The molecule has 0 spiro atoms. The first-order valence-corrected chi connectivity index (χ1v) is 7.39. The molecule has 104 valence electrons. The van der Waals surface area contributed by atoms with Crippen molar-refractivity contribution in [2.75, 3.05) is 32.7 Å². The topological polar surface area (TPSA) is 44.4 Å². The Hall–Kier alpha value is -0.910. The molecule has 0 unspecified atom stereocenters. The number of hydrogen-bond acceptors (Lipinski definition) is 3. The molecule has 0 saturated carbocycles. The van der Waals surface area contributed by atoms with Crippen LogP contribution >= 0.6 is 15.9 Å². The summed E-state index contributed by atoms with van der Waals surface area (Å²) in [6, 6.07) is 6.13. The summed E-state index contributed by atoms with van der Waals surface area (Å²) < 4.78 is 1.05. The van der Waals surface area contributed by atoms with Crippen molar-refractivity contribution in [3.05, 3.63) is 33.8 Å². The van der Waals surface area contributed by atoms with Crippen molar-refractivity contribution in [3.63, 3.8) is 0 Å². The molecule has 19 heavy (non-hydrogen) atoms. The molecule has 1 fully saturated rings. The van der Waals surface area contributed by atoms with E-state index in [1.807, 2.05) is 6.07 Å². The maximum atomic E-state index is 11.9. The van der Waals surface area contributed by atoms with Crippen LogP contribution in [0.3, 0.4) is 0 Å². The highest BCUT2D eigenvalue weighted by Crippen LogP contribution is 2.15. The van der Waals surface area contributed by atoms with E-state index in [1.54, 1.807) is 0 Å². The van der Waals surface area contributed by atoms with Gasteiger partial charge in [-0.3, -0.25) is 9.69 Å². The molecule has 1 amide bonds. The van der Waals surface area contributed by atoms with E-state index in [9.17, 15) is 4.79 Å². The average Bonchev–Trinajstić information content (AvgIpc) is 2.41. The van der Waals surface area contributed by atoms with Crippen LogP contribution in [-0.2, 0) is 11.3 Å². The number of piperazine rings is 1. The van der Waals surface area contributed by atoms with Crippen molar-refractivity contribution < 1.29 is 4.79 Å². The van der Waals surface area contributed by atoms with Crippen LogP contribution < -0.4 is 10.6 Å². The van der Waals surface area contributed by atoms with Crippen molar-refractivity contribution in [2.45, 2.75) is 13.5 Å². The lowest BCUT2D eigenvalue weighted by Crippen LogP contribution is -2.47. The van der Waals surface area contributed by atoms with Crippen LogP contribution in [0.5, 0.6) is 0 Å². The standard InChI is InChI=1S/C14H20BrN3O/c1-11-2-3-13(15)8-12(11)9-17-14(19)10-18-6-4-16-5-7-18/h2-3,8,16H,4-7,9-10H2,1H3,(H,17,19). The molecule has 2 rings (SSSR count). The lowest BCUT2D eigenvalue weighted by atomic mass is 10.1. The second-order valence-electron chi connectivity index (χ2n) is 4.87. The van der Waals surface area contributed by atoms with Crippen LogP contribution in [0.2, 0.25) is 0 Å². The van der Waals surface area contributed by atoms with Gasteiger partial charge in [-0.25, -0.2) is 0 Å². The number of halogens is 1. The minimum atomic E-state index is 0.0984. The monoisotopic (exact) mass is 325 g/mol. The Morgan fingerprint density at radius 1 is 1.42 bits per heavy atom. The van der Waals surface area contributed by atoms with Gasteiger partial charge in [-0.1, -0.05) is 22.0 Å². The molecule has 0 atom stereocenters. The summed E-state index contributed by atoms with van der Waals surface area (Å²) in [6.45, 7) is 6.98. The fourth-order valence-corrected chi connectivity index (χ4v) is 2.56. The SMILES string of the molecule is Cc1ccc(Br)cc1CNC(=O)CN1CCNCC1. The second-order valence-corrected chi connectivity index (χ2v) is 5.79. The molecular formula is C14H20BrN3O. The van der Waals surface area contributed by atoms with Crippen molar-refractivity contribution in [3.8, 4) is 0 Å². The van der Waals surface area contributed by atoms with Crippen molar-refractivity contribution in [1.82, 2.24) is 15.5 Å². The van der Waals surface area contributed by atoms with Crippen LogP contribution in [0.25, 0.3) is 0 Å². The van der Waals surface area contributed by atoms with Gasteiger partial charge in [0.15, 0.2) is 0 Å². The summed E-state index contributed by atoms with van der Waals surface area (Å²) in [7, 11) is 0. The Morgan fingerprint density at radius 3 is 2.89 bits per heavy atom. The molecule has 0 aromatic heterocycles. The molecule has 1 saturated heterocycles. The molecule has 1 heterocycles. The van der Waals surface area contributed by atoms with Gasteiger partial charge in [0.2, 0.25) is 5.91 Å². The summed E-state index contributed by atoms with van der Waals surface area (Å²) in [4.78, 5) is 14.1. The third kappa shape index (κ3) is 4.60. The van der Waals surface area contributed by atoms with Gasteiger partial charge in [-0.15, -0.1) is 0 Å². The molecule has 0 bridgehead atoms. The fourth-order valence-electron chi connectivity index (χ4n) is 2.15. The summed E-state index contributed by atoms with van der Waals surface area (Å²) in [5.74, 6) is 0.0984. The van der Waals surface area contributed by atoms with Crippen molar-refractivity contribution in [2.24, 2.45) is 0 Å². The maximum Gasteiger partial charge on any atom is 0.234 e. The highest BCUT2D eigenvalue weighted by atomic mass is 79.9. The lowest BCUT2D eigenvalue weighted by Gasteiger charge is -2.26. The van der Waals surface area contributed by atoms with Crippen molar-refractivity contribution in [1.29, 1.82) is 0 Å². The number of rotatable bonds is 4. The van der Waals surface area contributed by atoms with E-state index in [2.05, 4.69) is 50.5 Å². The number of hydrogen-bond donors (Lipinski definition) is 2. The predicted octanol–water partition coefficient (Wildman–Crippen LogP) is 1.28. The summed E-state index contributed by atoms with van der Waals surface area (Å²) in [5.41, 5.74) is 2.36. The average molecular weight is 326 g/mol. The number of nitrogens with one attached hydrogen (secondary N) is 2. The lowest BCUT2D eigenvalue weighted by molar-refractivity contribution is -0.122. The summed E-state index contributed by atoms with van der Waals surface area (Å²) in [6.07, 6.45) is 0. The first-order chi connectivity index (χ1) is 9.15. The zero-order chi connectivity index (χ0) is 13.7. The van der Waals surface area contributed by atoms with Crippen LogP contribution in [0.1, 0.15) is 11.1 Å². The Balaban J connectivity index is 1.81. The van der Waals surface area contributed by atoms with Gasteiger partial charge in [-0.05, 0) is 30.2 Å². The third-order valence-electron chi connectivity index (χ3n) is 3.36. The number of benzene rings is 1. The number of carbonyl (C=O) groups is 1. The first-order valence-electron chi connectivity index (χ1n) is 6.60. The number of carbonyl (C=O) groups excluding carboxylic acids is 1. The normalized spacial score (nSPS) is 16.3. The molecular weight excluding hydrogens is 306 g/mol. The van der Waals surface area contributed by atoms with E-state index >= 15 is 0 Å². The van der Waals surface area contributed by atoms with Crippen LogP contribution in [0.15, 0.2) is 22.7 Å². The van der Waals surface area contributed by atoms with Gasteiger partial charge in [0.25, 0.3) is 0 Å². The predicted molar refractivity (Wildman–Crippen MR) is 80.0 cm³/mol. The largest absolute Gasteiger partial charge is 0.351 e. The summed E-state index contributed by atoms with van der Waals surface area (Å²) >= 11 is 3.46. The molecule has 0 aliphatic carbocycles. The molecule has 0 radical (unpaired) electrons. The third-order valence-corrected chi connectivity index (χ3v) is 3.86. The second kappa shape index (κ2) is 7.03. The fraction of sp³-hybridized carbons (Fsp3) is 0.500. The van der Waals surface area contributed by atoms with Gasteiger partial charge in [0.05, 0.1) is 6.54 Å². The number of aryl methyl sites for hydroxylation is 1. The van der Waals surface area contributed by atoms with Gasteiger partial charge in [-0.2, -0.15) is 0 Å². The molecule has 1 aliphatic rings. The molecule has 4 nitrogen and oxygen atoms in total. The van der Waals surface area contributed by atoms with E-state index in [1.165, 1.54) is 5.56 Å². The number of nitrogens with zero attached hydrogens (tertiary/aromatic N) is 1. The maximum absolute atomic E-state index is 11.9. The Labute approximate surface area is 122 Å².